The molecule has 7 atom stereocenters. The van der Waals surface area contributed by atoms with E-state index in [4.69, 9.17) is 4.84 Å². The molecular weight excluding hydrogens is 306 g/mol. The Morgan fingerprint density at radius 1 is 0.833 bits per heavy atom. The summed E-state index contributed by atoms with van der Waals surface area (Å²) in [5, 5.41) is 33.5. The Hall–Kier alpha value is -0.200. The third-order valence-corrected chi connectivity index (χ3v) is 7.86. The number of nitrogens with zero attached hydrogens (tertiary/aromatic N) is 1. The van der Waals surface area contributed by atoms with Crippen LogP contribution in [0.25, 0.3) is 0 Å². The van der Waals surface area contributed by atoms with Crippen molar-refractivity contribution in [2.45, 2.75) is 80.1 Å². The highest BCUT2D eigenvalue weighted by Gasteiger charge is 2.67. The minimum Gasteiger partial charge on any atom is -0.376 e. The number of fused-ring (bicyclic) bond motifs is 4. The van der Waals surface area contributed by atoms with Crippen molar-refractivity contribution >= 4 is 0 Å². The van der Waals surface area contributed by atoms with Gasteiger partial charge in [0.1, 0.15) is 12.5 Å². The fraction of sp³-hybridized carbons (Fsp3) is 1.00. The van der Waals surface area contributed by atoms with Crippen molar-refractivity contribution in [3.05, 3.63) is 0 Å². The predicted molar refractivity (Wildman–Crippen MR) is 91.2 cm³/mol. The molecule has 0 amide bonds. The van der Waals surface area contributed by atoms with E-state index < -0.39 is 24.2 Å². The number of hydroxylamine groups is 2. The maximum absolute atomic E-state index is 11.0. The first-order valence-electron chi connectivity index (χ1n) is 9.31. The minimum atomic E-state index is -1.11. The zero-order chi connectivity index (χ0) is 18.2. The number of aliphatic hydroxyl groups is 3. The molecule has 3 rings (SSSR count). The summed E-state index contributed by atoms with van der Waals surface area (Å²) >= 11 is 0. The molecule has 2 aliphatic carbocycles. The normalized spacial score (nSPS) is 41.2. The van der Waals surface area contributed by atoms with E-state index in [1.54, 1.807) is 0 Å². The van der Waals surface area contributed by atoms with Crippen molar-refractivity contribution < 1.29 is 20.2 Å². The molecule has 1 aliphatic heterocycles. The summed E-state index contributed by atoms with van der Waals surface area (Å²) < 4.78 is 0. The second-order valence-corrected chi connectivity index (χ2v) is 10.4. The summed E-state index contributed by atoms with van der Waals surface area (Å²) in [7, 11) is 0. The van der Waals surface area contributed by atoms with Gasteiger partial charge in [-0.1, -0.05) is 48.5 Å². The van der Waals surface area contributed by atoms with Crippen LogP contribution in [0, 0.1) is 39.9 Å². The Morgan fingerprint density at radius 3 is 1.50 bits per heavy atom. The van der Waals surface area contributed by atoms with Crippen molar-refractivity contribution in [3.63, 3.8) is 0 Å². The van der Waals surface area contributed by atoms with Crippen molar-refractivity contribution in [1.82, 2.24) is 5.06 Å². The predicted octanol–water partition coefficient (Wildman–Crippen LogP) is 2.56. The molecule has 3 aliphatic rings. The number of hydrogen-bond acceptors (Lipinski definition) is 5. The van der Waals surface area contributed by atoms with E-state index in [9.17, 15) is 15.3 Å². The molecule has 1 saturated heterocycles. The van der Waals surface area contributed by atoms with E-state index in [0.717, 1.165) is 12.8 Å². The summed E-state index contributed by atoms with van der Waals surface area (Å²) in [6.07, 6.45) is -0.505. The van der Waals surface area contributed by atoms with Gasteiger partial charge in [-0.25, -0.2) is 0 Å². The standard InChI is InChI=1S/C19H35NO4/c1-17(2,3)19(7,18(4,5)6)16(23)24-20-14(21)12-10-8-9-11(10)13(12)15(20)22/h10-16,21-23H,8-9H2,1-7H3. The Kier molecular flexibility index (Phi) is 4.18. The van der Waals surface area contributed by atoms with Crippen LogP contribution in [0.4, 0.5) is 0 Å². The fourth-order valence-corrected chi connectivity index (χ4v) is 5.48. The molecule has 140 valence electrons. The summed E-state index contributed by atoms with van der Waals surface area (Å²) in [6.45, 7) is 14.6. The molecule has 0 aromatic carbocycles. The zero-order valence-electron chi connectivity index (χ0n) is 16.2. The van der Waals surface area contributed by atoms with Crippen LogP contribution in [0.2, 0.25) is 0 Å². The average molecular weight is 341 g/mol. The summed E-state index contributed by atoms with van der Waals surface area (Å²) in [5.41, 5.74) is -1.02. The largest absolute Gasteiger partial charge is 0.376 e. The molecule has 3 fully saturated rings. The van der Waals surface area contributed by atoms with Crippen LogP contribution in [0.3, 0.4) is 0 Å². The molecular formula is C19H35NO4. The topological polar surface area (TPSA) is 73.2 Å². The second-order valence-electron chi connectivity index (χ2n) is 10.4. The third kappa shape index (κ3) is 2.25. The van der Waals surface area contributed by atoms with Gasteiger partial charge >= 0.3 is 0 Å². The lowest BCUT2D eigenvalue weighted by Gasteiger charge is -2.57. The molecule has 0 bridgehead atoms. The van der Waals surface area contributed by atoms with E-state index in [0.29, 0.717) is 11.8 Å². The molecule has 5 nitrogen and oxygen atoms in total. The summed E-state index contributed by atoms with van der Waals surface area (Å²) in [6, 6.07) is 0. The van der Waals surface area contributed by atoms with Gasteiger partial charge in [-0.15, -0.1) is 5.06 Å². The molecule has 3 N–H and O–H groups in total. The van der Waals surface area contributed by atoms with E-state index in [-0.39, 0.29) is 22.7 Å². The van der Waals surface area contributed by atoms with Gasteiger partial charge in [0.15, 0.2) is 6.29 Å². The van der Waals surface area contributed by atoms with Gasteiger partial charge < -0.3 is 15.3 Å². The molecule has 0 aromatic rings. The zero-order valence-corrected chi connectivity index (χ0v) is 16.2. The van der Waals surface area contributed by atoms with Crippen LogP contribution < -0.4 is 0 Å². The maximum atomic E-state index is 11.0. The Labute approximate surface area is 146 Å². The van der Waals surface area contributed by atoms with E-state index in [1.807, 2.05) is 6.92 Å². The summed E-state index contributed by atoms with van der Waals surface area (Å²) in [4.78, 5) is 5.85. The molecule has 0 aromatic heterocycles. The van der Waals surface area contributed by atoms with E-state index >= 15 is 0 Å². The molecule has 0 spiro atoms. The van der Waals surface area contributed by atoms with E-state index in [1.165, 1.54) is 5.06 Å². The van der Waals surface area contributed by atoms with Crippen molar-refractivity contribution in [1.29, 1.82) is 0 Å². The van der Waals surface area contributed by atoms with Gasteiger partial charge in [-0.3, -0.25) is 4.84 Å². The first kappa shape index (κ1) is 18.6. The van der Waals surface area contributed by atoms with Gasteiger partial charge in [-0.2, -0.15) is 0 Å². The minimum absolute atomic E-state index is 0.0847. The number of rotatable bonds is 3. The lowest BCUT2D eigenvalue weighted by atomic mass is 9.47. The maximum Gasteiger partial charge on any atom is 0.181 e. The van der Waals surface area contributed by atoms with Crippen LogP contribution >= 0.6 is 0 Å². The third-order valence-electron chi connectivity index (χ3n) is 7.86. The monoisotopic (exact) mass is 341 g/mol. The molecule has 2 saturated carbocycles. The van der Waals surface area contributed by atoms with Gasteiger partial charge in [0.2, 0.25) is 0 Å². The summed E-state index contributed by atoms with van der Waals surface area (Å²) in [5.74, 6) is 1.20. The molecule has 5 heteroatoms. The quantitative estimate of drug-likeness (QED) is 0.688. The number of hydrogen-bond donors (Lipinski definition) is 3. The molecule has 0 radical (unpaired) electrons. The van der Waals surface area contributed by atoms with Crippen molar-refractivity contribution in [2.24, 2.45) is 39.9 Å². The Balaban J connectivity index is 1.79. The second kappa shape index (κ2) is 5.40. The van der Waals surface area contributed by atoms with Crippen molar-refractivity contribution in [3.8, 4) is 0 Å². The van der Waals surface area contributed by atoms with Crippen LogP contribution in [-0.4, -0.2) is 39.1 Å². The van der Waals surface area contributed by atoms with Crippen LogP contribution in [0.1, 0.15) is 61.3 Å². The van der Waals surface area contributed by atoms with Crippen LogP contribution in [-0.2, 0) is 4.84 Å². The van der Waals surface area contributed by atoms with Crippen LogP contribution in [0.5, 0.6) is 0 Å². The fourth-order valence-electron chi connectivity index (χ4n) is 5.48. The van der Waals surface area contributed by atoms with Gasteiger partial charge in [0, 0.05) is 17.3 Å². The smallest absolute Gasteiger partial charge is 0.181 e. The highest BCUT2D eigenvalue weighted by atomic mass is 16.8. The Morgan fingerprint density at radius 2 is 1.21 bits per heavy atom. The van der Waals surface area contributed by atoms with Crippen molar-refractivity contribution in [2.75, 3.05) is 0 Å². The lowest BCUT2D eigenvalue weighted by Crippen LogP contribution is -2.56. The van der Waals surface area contributed by atoms with E-state index in [2.05, 4.69) is 41.5 Å². The number of aliphatic hydroxyl groups excluding tert-OH is 3. The SMILES string of the molecule is CC(C)(C)C(C)(C(O)ON1C(O)C2C3CCC3C2C1O)C(C)(C)C. The average Bonchev–Trinajstić information content (AvgIpc) is 2.59. The highest BCUT2D eigenvalue weighted by molar-refractivity contribution is 5.10. The van der Waals surface area contributed by atoms with Gasteiger partial charge in [0.25, 0.3) is 0 Å². The van der Waals surface area contributed by atoms with Gasteiger partial charge in [0.05, 0.1) is 0 Å². The molecule has 24 heavy (non-hydrogen) atoms. The Bertz CT molecular complexity index is 459. The first-order valence-corrected chi connectivity index (χ1v) is 9.31. The highest BCUT2D eigenvalue weighted by Crippen LogP contribution is 2.64. The van der Waals surface area contributed by atoms with Gasteiger partial charge in [-0.05, 0) is 35.5 Å². The van der Waals surface area contributed by atoms with Crippen LogP contribution in [0.15, 0.2) is 0 Å². The first-order chi connectivity index (χ1) is 10.8. The lowest BCUT2D eigenvalue weighted by molar-refractivity contribution is -0.381. The molecule has 7 unspecified atom stereocenters. The molecule has 1 heterocycles.